The lowest BCUT2D eigenvalue weighted by molar-refractivity contribution is -0.142. The van der Waals surface area contributed by atoms with E-state index in [4.69, 9.17) is 30.8 Å². The summed E-state index contributed by atoms with van der Waals surface area (Å²) in [4.78, 5) is 49.6. The summed E-state index contributed by atoms with van der Waals surface area (Å²) in [6, 6.07) is 0. The van der Waals surface area contributed by atoms with Gasteiger partial charge in [0.05, 0.1) is 24.7 Å². The number of hydrogen-bond acceptors (Lipinski definition) is 9. The molecule has 6 heterocycles. The van der Waals surface area contributed by atoms with Crippen molar-refractivity contribution in [3.8, 4) is 0 Å². The lowest BCUT2D eigenvalue weighted by Gasteiger charge is -2.39. The second-order valence-corrected chi connectivity index (χ2v) is 6.22. The van der Waals surface area contributed by atoms with Gasteiger partial charge in [-0.3, -0.25) is 19.2 Å². The summed E-state index contributed by atoms with van der Waals surface area (Å²) in [6.45, 7) is 0.258. The van der Waals surface area contributed by atoms with E-state index in [1.807, 2.05) is 0 Å². The van der Waals surface area contributed by atoms with E-state index in [0.29, 0.717) is 0 Å². The lowest BCUT2D eigenvalue weighted by atomic mass is 9.93. The molecular weight excluding hydrogens is 342 g/mol. The minimum atomic E-state index is -1.27. The molecule has 24 heavy (non-hydrogen) atoms. The molecule has 4 bridgehead atoms. The van der Waals surface area contributed by atoms with Crippen LogP contribution in [0.1, 0.15) is 12.8 Å². The van der Waals surface area contributed by atoms with Crippen LogP contribution in [0.2, 0.25) is 0 Å². The molecule has 0 spiro atoms. The number of nitrogens with zero attached hydrogens (tertiary/aromatic N) is 2. The van der Waals surface area contributed by atoms with Gasteiger partial charge in [0.15, 0.2) is 5.11 Å². The molecule has 0 amide bonds. The maximum atomic E-state index is 11.8. The molecule has 0 saturated carbocycles. The zero-order valence-corrected chi connectivity index (χ0v) is 13.0. The first kappa shape index (κ1) is 15.2. The largest absolute Gasteiger partial charge is 0.744 e. The Morgan fingerprint density at radius 1 is 0.833 bits per heavy atom. The second-order valence-electron chi connectivity index (χ2n) is 5.86. The molecule has 10 nitrogen and oxygen atoms in total. The summed E-state index contributed by atoms with van der Waals surface area (Å²) < 4.78 is 20.3. The van der Waals surface area contributed by atoms with E-state index in [0.717, 1.165) is 0 Å². The zero-order chi connectivity index (χ0) is 17.0. The van der Waals surface area contributed by atoms with Crippen LogP contribution < -0.4 is 0 Å². The normalized spacial score (nSPS) is 28.8. The van der Waals surface area contributed by atoms with Gasteiger partial charge in [-0.05, 0) is 12.2 Å². The van der Waals surface area contributed by atoms with E-state index in [1.165, 1.54) is 9.62 Å². The van der Waals surface area contributed by atoms with Crippen LogP contribution in [-0.2, 0) is 37.8 Å². The molecule has 0 aromatic rings. The molecule has 0 aromatic carbocycles. The van der Waals surface area contributed by atoms with Crippen LogP contribution in [0.5, 0.6) is 0 Å². The van der Waals surface area contributed by atoms with Crippen molar-refractivity contribution in [2.45, 2.75) is 12.8 Å². The fraction of sp³-hybridized carbons (Fsp3) is 0.545. The van der Waals surface area contributed by atoms with Crippen molar-refractivity contribution in [1.82, 2.24) is 9.62 Å². The number of hydrogen-bond donors (Lipinski definition) is 0. The zero-order valence-electron chi connectivity index (χ0n) is 12.2. The van der Waals surface area contributed by atoms with Crippen molar-refractivity contribution in [2.75, 3.05) is 13.1 Å². The first-order valence-electron chi connectivity index (χ1n) is 7.29. The minimum Gasteiger partial charge on any atom is -0.480 e. The molecule has 0 aliphatic carbocycles. The van der Waals surface area contributed by atoms with Crippen molar-refractivity contribution in [1.29, 1.82) is 0 Å². The highest BCUT2D eigenvalue weighted by molar-refractivity contribution is 7.80. The van der Waals surface area contributed by atoms with Gasteiger partial charge in [0.1, 0.15) is 0 Å². The predicted octanol–water partition coefficient (Wildman–Crippen LogP) is -1.92. The highest BCUT2D eigenvalue weighted by Gasteiger charge is 2.56. The van der Waals surface area contributed by atoms with Crippen LogP contribution >= 0.6 is 12.2 Å². The maximum absolute atomic E-state index is 11.8. The van der Waals surface area contributed by atoms with Gasteiger partial charge in [0.25, 0.3) is 23.9 Å². The Hall–Kier alpha value is -2.30. The fourth-order valence-electron chi connectivity index (χ4n) is 3.01. The summed E-state index contributed by atoms with van der Waals surface area (Å²) in [7, 11) is -2.55. The van der Waals surface area contributed by atoms with Crippen LogP contribution in [0.4, 0.5) is 0 Å². The lowest BCUT2D eigenvalue weighted by Crippen LogP contribution is -2.63. The van der Waals surface area contributed by atoms with Gasteiger partial charge in [0, 0.05) is 13.1 Å². The molecular formula is C11H10B2N2O8S. The molecule has 0 N–H and O–H groups in total. The molecule has 0 radical (unpaired) electrons. The molecule has 13 heteroatoms. The van der Waals surface area contributed by atoms with Crippen LogP contribution in [0.3, 0.4) is 0 Å². The minimum absolute atomic E-state index is 0.0928. The maximum Gasteiger partial charge on any atom is 0.744 e. The average molecular weight is 352 g/mol. The first-order chi connectivity index (χ1) is 11.4. The van der Waals surface area contributed by atoms with Crippen LogP contribution in [0.25, 0.3) is 0 Å². The SMILES string of the molecule is O=C1CC2CN(C(=S)N3CC4CC(=O)OB3OC4=O)B(O1)OC2=O. The van der Waals surface area contributed by atoms with Crippen molar-refractivity contribution in [3.05, 3.63) is 0 Å². The van der Waals surface area contributed by atoms with E-state index in [2.05, 4.69) is 0 Å². The Labute approximate surface area is 141 Å². The van der Waals surface area contributed by atoms with Crippen LogP contribution in [0.15, 0.2) is 0 Å². The Morgan fingerprint density at radius 3 is 1.67 bits per heavy atom. The van der Waals surface area contributed by atoms with Gasteiger partial charge < -0.3 is 28.2 Å². The molecule has 6 saturated heterocycles. The predicted molar refractivity (Wildman–Crippen MR) is 78.1 cm³/mol. The third-order valence-corrected chi connectivity index (χ3v) is 4.69. The van der Waals surface area contributed by atoms with Crippen molar-refractivity contribution >= 4 is 55.7 Å². The van der Waals surface area contributed by atoms with Gasteiger partial charge in [-0.25, -0.2) is 0 Å². The monoisotopic (exact) mass is 352 g/mol. The number of carbonyl (C=O) groups is 4. The molecule has 6 aliphatic heterocycles. The molecule has 6 fully saturated rings. The fourth-order valence-corrected chi connectivity index (χ4v) is 3.33. The second kappa shape index (κ2) is 5.36. The quantitative estimate of drug-likeness (QED) is 0.359. The smallest absolute Gasteiger partial charge is 0.480 e. The first-order valence-corrected chi connectivity index (χ1v) is 7.70. The van der Waals surface area contributed by atoms with E-state index in [9.17, 15) is 19.2 Å². The van der Waals surface area contributed by atoms with E-state index >= 15 is 0 Å². The highest BCUT2D eigenvalue weighted by atomic mass is 32.1. The third-order valence-electron chi connectivity index (χ3n) is 4.23. The molecule has 0 aromatic heterocycles. The summed E-state index contributed by atoms with van der Waals surface area (Å²) in [5.41, 5.74) is 0. The number of thiocarbonyl (C=S) groups is 1. The molecule has 6 aliphatic rings. The molecule has 2 unspecified atom stereocenters. The Kier molecular flexibility index (Phi) is 3.41. The van der Waals surface area contributed by atoms with E-state index in [1.54, 1.807) is 0 Å². The number of carbonyl (C=O) groups excluding carboxylic acids is 4. The Morgan fingerprint density at radius 2 is 1.25 bits per heavy atom. The van der Waals surface area contributed by atoms with Gasteiger partial charge in [-0.1, -0.05) is 0 Å². The number of rotatable bonds is 0. The molecule has 2 atom stereocenters. The highest BCUT2D eigenvalue weighted by Crippen LogP contribution is 2.28. The van der Waals surface area contributed by atoms with Crippen molar-refractivity contribution in [3.63, 3.8) is 0 Å². The Bertz CT molecular complexity index is 616. The summed E-state index contributed by atoms with van der Waals surface area (Å²) in [6.07, 6.45) is -0.186. The van der Waals surface area contributed by atoms with E-state index < -0.39 is 50.2 Å². The van der Waals surface area contributed by atoms with Crippen LogP contribution in [-0.4, -0.2) is 66.2 Å². The van der Waals surface area contributed by atoms with Crippen molar-refractivity contribution in [2.24, 2.45) is 11.8 Å². The topological polar surface area (TPSA) is 112 Å². The van der Waals surface area contributed by atoms with Crippen molar-refractivity contribution < 1.29 is 37.8 Å². The third kappa shape index (κ3) is 2.39. The summed E-state index contributed by atoms with van der Waals surface area (Å²) in [5.74, 6) is -3.56. The van der Waals surface area contributed by atoms with Gasteiger partial charge in [-0.15, -0.1) is 0 Å². The van der Waals surface area contributed by atoms with Gasteiger partial charge in [-0.2, -0.15) is 0 Å². The van der Waals surface area contributed by atoms with Crippen LogP contribution in [0, 0.1) is 11.8 Å². The van der Waals surface area contributed by atoms with E-state index in [-0.39, 0.29) is 31.0 Å². The summed E-state index contributed by atoms with van der Waals surface area (Å²) >= 11 is 5.38. The standard InChI is InChI=1S/C11H10B2N2O8S/c16-7-1-5-3-14(12(20-7)22-9(5)18)11(24)15-4-6-2-8(17)21-13(15)23-10(6)19/h5-6H,1-4H2. The number of fused-ring (bicyclic) bond motifs is 8. The molecule has 6 rings (SSSR count). The Balaban J connectivity index is 1.58. The summed E-state index contributed by atoms with van der Waals surface area (Å²) in [5, 5.41) is 0.115. The molecule has 124 valence electrons. The average Bonchev–Trinajstić information content (AvgIpc) is 2.89. The van der Waals surface area contributed by atoms with Gasteiger partial charge >= 0.3 is 14.5 Å². The van der Waals surface area contributed by atoms with Gasteiger partial charge in [0.2, 0.25) is 0 Å².